The van der Waals surface area contributed by atoms with Gasteiger partial charge in [0.2, 0.25) is 0 Å². The number of nitrogens with zero attached hydrogens (tertiary/aromatic N) is 1. The summed E-state index contributed by atoms with van der Waals surface area (Å²) in [4.78, 5) is 2.44. The molecule has 0 unspecified atom stereocenters. The first-order chi connectivity index (χ1) is 24.8. The third kappa shape index (κ3) is 4.57. The summed E-state index contributed by atoms with van der Waals surface area (Å²) >= 11 is 0. The number of rotatable bonds is 5. The molecule has 0 aliphatic rings. The molecule has 1 heterocycles. The van der Waals surface area contributed by atoms with Crippen LogP contribution in [-0.4, -0.2) is 0 Å². The lowest BCUT2D eigenvalue weighted by Crippen LogP contribution is -2.11. The van der Waals surface area contributed by atoms with Gasteiger partial charge in [-0.25, -0.2) is 0 Å². The monoisotopic (exact) mass is 637 g/mol. The molecule has 1 aromatic heterocycles. The molecule has 0 saturated heterocycles. The highest BCUT2D eigenvalue weighted by Gasteiger charge is 2.22. The largest absolute Gasteiger partial charge is 0.456 e. The molecule has 234 valence electrons. The summed E-state index contributed by atoms with van der Waals surface area (Å²) in [5.74, 6) is 0. The molecule has 9 aromatic carbocycles. The number of benzene rings is 9. The highest BCUT2D eigenvalue weighted by molar-refractivity contribution is 6.18. The third-order valence-electron chi connectivity index (χ3n) is 10.0. The van der Waals surface area contributed by atoms with Crippen molar-refractivity contribution in [3.63, 3.8) is 0 Å². The topological polar surface area (TPSA) is 16.4 Å². The average Bonchev–Trinajstić information content (AvgIpc) is 3.57. The van der Waals surface area contributed by atoms with Crippen molar-refractivity contribution in [3.05, 3.63) is 188 Å². The molecule has 10 rings (SSSR count). The van der Waals surface area contributed by atoms with E-state index in [0.29, 0.717) is 0 Å². The Morgan fingerprint density at radius 2 is 1.02 bits per heavy atom. The summed E-state index contributed by atoms with van der Waals surface area (Å²) in [7, 11) is 0. The maximum Gasteiger partial charge on any atom is 0.137 e. The molecule has 0 bridgehead atoms. The Hall–Kier alpha value is -6.64. The molecular formula is C48H31NO. The molecule has 0 radical (unpaired) electrons. The van der Waals surface area contributed by atoms with Crippen LogP contribution in [0.25, 0.3) is 76.5 Å². The zero-order valence-electron chi connectivity index (χ0n) is 27.3. The van der Waals surface area contributed by atoms with Crippen molar-refractivity contribution in [2.45, 2.75) is 0 Å². The van der Waals surface area contributed by atoms with E-state index in [9.17, 15) is 0 Å². The number of fused-ring (bicyclic) bond motifs is 7. The van der Waals surface area contributed by atoms with Crippen LogP contribution in [0, 0.1) is 0 Å². The molecule has 0 aliphatic carbocycles. The Labute approximate surface area is 290 Å². The molecule has 0 aliphatic heterocycles. The molecule has 2 heteroatoms. The van der Waals surface area contributed by atoms with Gasteiger partial charge in [0.15, 0.2) is 0 Å². The molecule has 0 spiro atoms. The second-order valence-corrected chi connectivity index (χ2v) is 12.9. The summed E-state index contributed by atoms with van der Waals surface area (Å²) in [6.07, 6.45) is 0. The Morgan fingerprint density at radius 1 is 0.340 bits per heavy atom. The van der Waals surface area contributed by atoms with Gasteiger partial charge in [0.1, 0.15) is 11.2 Å². The number of hydrogen-bond acceptors (Lipinski definition) is 2. The second kappa shape index (κ2) is 11.5. The van der Waals surface area contributed by atoms with E-state index >= 15 is 0 Å². The first kappa shape index (κ1) is 28.4. The summed E-state index contributed by atoms with van der Waals surface area (Å²) in [5, 5.41) is 9.53. The number of hydrogen-bond donors (Lipinski definition) is 0. The van der Waals surface area contributed by atoms with Crippen LogP contribution in [0.15, 0.2) is 192 Å². The Morgan fingerprint density at radius 3 is 1.90 bits per heavy atom. The van der Waals surface area contributed by atoms with Crippen molar-refractivity contribution in [2.75, 3.05) is 4.90 Å². The average molecular weight is 638 g/mol. The van der Waals surface area contributed by atoms with Crippen LogP contribution in [-0.2, 0) is 0 Å². The molecule has 0 amide bonds. The lowest BCUT2D eigenvalue weighted by atomic mass is 9.96. The van der Waals surface area contributed by atoms with Crippen LogP contribution in [0.2, 0.25) is 0 Å². The van der Waals surface area contributed by atoms with E-state index in [0.717, 1.165) is 44.6 Å². The highest BCUT2D eigenvalue weighted by Crippen LogP contribution is 2.47. The van der Waals surface area contributed by atoms with Gasteiger partial charge < -0.3 is 9.32 Å². The fourth-order valence-electron chi connectivity index (χ4n) is 7.72. The third-order valence-corrected chi connectivity index (χ3v) is 10.0. The van der Waals surface area contributed by atoms with Crippen LogP contribution in [0.1, 0.15) is 0 Å². The SMILES string of the molecule is c1ccc(-c2ccc3oc4cccc(N(c5cccc(-c6cccc7ccccc67)c5)c5cc6ccccc6c6ccccc56)c4c3c2)cc1. The lowest BCUT2D eigenvalue weighted by molar-refractivity contribution is 0.669. The fourth-order valence-corrected chi connectivity index (χ4v) is 7.72. The van der Waals surface area contributed by atoms with E-state index in [2.05, 4.69) is 193 Å². The fraction of sp³-hybridized carbons (Fsp3) is 0. The van der Waals surface area contributed by atoms with Gasteiger partial charge in [0, 0.05) is 16.5 Å². The minimum atomic E-state index is 0.864. The van der Waals surface area contributed by atoms with Gasteiger partial charge in [0.25, 0.3) is 0 Å². The van der Waals surface area contributed by atoms with Gasteiger partial charge in [-0.2, -0.15) is 0 Å². The van der Waals surface area contributed by atoms with E-state index in [1.165, 1.54) is 49.0 Å². The Balaban J connectivity index is 1.29. The first-order valence-corrected chi connectivity index (χ1v) is 17.1. The quantitative estimate of drug-likeness (QED) is 0.175. The van der Waals surface area contributed by atoms with Gasteiger partial charge in [0.05, 0.1) is 16.8 Å². The van der Waals surface area contributed by atoms with Gasteiger partial charge in [-0.05, 0) is 91.6 Å². The Kier molecular flexibility index (Phi) is 6.53. The van der Waals surface area contributed by atoms with Crippen molar-refractivity contribution in [1.82, 2.24) is 0 Å². The summed E-state index contributed by atoms with van der Waals surface area (Å²) in [5.41, 5.74) is 9.74. The molecule has 2 nitrogen and oxygen atoms in total. The van der Waals surface area contributed by atoms with Crippen molar-refractivity contribution in [3.8, 4) is 22.3 Å². The van der Waals surface area contributed by atoms with Crippen LogP contribution in [0.3, 0.4) is 0 Å². The molecule has 0 saturated carbocycles. The minimum absolute atomic E-state index is 0.864. The normalized spacial score (nSPS) is 11.6. The van der Waals surface area contributed by atoms with Crippen molar-refractivity contribution >= 4 is 71.3 Å². The lowest BCUT2D eigenvalue weighted by Gasteiger charge is -2.28. The van der Waals surface area contributed by atoms with Gasteiger partial charge >= 0.3 is 0 Å². The van der Waals surface area contributed by atoms with E-state index in [1.54, 1.807) is 0 Å². The number of anilines is 3. The van der Waals surface area contributed by atoms with Gasteiger partial charge in [-0.15, -0.1) is 0 Å². The smallest absolute Gasteiger partial charge is 0.137 e. The van der Waals surface area contributed by atoms with Gasteiger partial charge in [-0.1, -0.05) is 146 Å². The van der Waals surface area contributed by atoms with Crippen molar-refractivity contribution < 1.29 is 4.42 Å². The molecule has 50 heavy (non-hydrogen) atoms. The molecular weight excluding hydrogens is 607 g/mol. The highest BCUT2D eigenvalue weighted by atomic mass is 16.3. The summed E-state index contributed by atoms with van der Waals surface area (Å²) in [6, 6.07) is 67.5. The molecule has 0 fully saturated rings. The van der Waals surface area contributed by atoms with E-state index in [4.69, 9.17) is 4.42 Å². The zero-order chi connectivity index (χ0) is 33.0. The van der Waals surface area contributed by atoms with Gasteiger partial charge in [-0.3, -0.25) is 0 Å². The van der Waals surface area contributed by atoms with E-state index < -0.39 is 0 Å². The predicted molar refractivity (Wildman–Crippen MR) is 212 cm³/mol. The minimum Gasteiger partial charge on any atom is -0.456 e. The molecule has 0 N–H and O–H groups in total. The summed E-state index contributed by atoms with van der Waals surface area (Å²) in [6.45, 7) is 0. The maximum absolute atomic E-state index is 6.58. The van der Waals surface area contributed by atoms with Crippen LogP contribution in [0.5, 0.6) is 0 Å². The second-order valence-electron chi connectivity index (χ2n) is 12.9. The standard InChI is InChI=1S/C48H31NO/c1-2-13-32(14-3-1)34-27-28-46-43(30-34)48-44(25-12-26-47(48)50-46)49(45-31-36-16-5-7-21-40(36)41-22-8-9-23-42(41)45)37-19-10-18-35(29-37)39-24-11-17-33-15-4-6-20-38(33)39/h1-31H. The van der Waals surface area contributed by atoms with Crippen LogP contribution < -0.4 is 4.90 Å². The summed E-state index contributed by atoms with van der Waals surface area (Å²) < 4.78 is 6.58. The first-order valence-electron chi connectivity index (χ1n) is 17.1. The van der Waals surface area contributed by atoms with Crippen molar-refractivity contribution in [2.24, 2.45) is 0 Å². The van der Waals surface area contributed by atoms with Crippen molar-refractivity contribution in [1.29, 1.82) is 0 Å². The molecule has 10 aromatic rings. The maximum atomic E-state index is 6.58. The van der Waals surface area contributed by atoms with E-state index in [-0.39, 0.29) is 0 Å². The van der Waals surface area contributed by atoms with E-state index in [1.807, 2.05) is 0 Å². The van der Waals surface area contributed by atoms with Crippen LogP contribution in [0.4, 0.5) is 17.1 Å². The Bertz CT molecular complexity index is 2880. The predicted octanol–water partition coefficient (Wildman–Crippen LogP) is 13.8. The zero-order valence-corrected chi connectivity index (χ0v) is 27.3. The molecule has 0 atom stereocenters. The van der Waals surface area contributed by atoms with Crippen LogP contribution >= 0.6 is 0 Å². The number of furan rings is 1.